The summed E-state index contributed by atoms with van der Waals surface area (Å²) in [5.41, 5.74) is 3.50. The van der Waals surface area contributed by atoms with Crippen LogP contribution in [0.2, 0.25) is 0 Å². The molecule has 35 heavy (non-hydrogen) atoms. The van der Waals surface area contributed by atoms with Gasteiger partial charge in [-0.3, -0.25) is 14.4 Å². The second kappa shape index (κ2) is 9.50. The van der Waals surface area contributed by atoms with Crippen molar-refractivity contribution in [3.63, 3.8) is 0 Å². The van der Waals surface area contributed by atoms with Gasteiger partial charge in [-0.15, -0.1) is 0 Å². The highest BCUT2D eigenvalue weighted by Crippen LogP contribution is 2.32. The second-order valence-electron chi connectivity index (χ2n) is 8.65. The van der Waals surface area contributed by atoms with Crippen LogP contribution in [0.5, 0.6) is 11.5 Å². The number of carbonyl (C=O) groups is 3. The fourth-order valence-corrected chi connectivity index (χ4v) is 4.21. The molecule has 2 heterocycles. The first-order chi connectivity index (χ1) is 17.0. The number of nitrogens with zero attached hydrogens (tertiary/aromatic N) is 1. The molecule has 0 saturated carbocycles. The van der Waals surface area contributed by atoms with Crippen LogP contribution in [-0.2, 0) is 16.1 Å². The molecule has 0 spiro atoms. The summed E-state index contributed by atoms with van der Waals surface area (Å²) in [4.78, 5) is 40.1. The SMILES string of the molecule is Cc1ccc(N2C[C@H](C(=O)Nc3ccccc3C(=O)NCc3ccc4c(c3)OCO4)CC2=O)cc1. The Labute approximate surface area is 202 Å². The molecule has 178 valence electrons. The van der Waals surface area contributed by atoms with Gasteiger partial charge in [0.1, 0.15) is 0 Å². The normalized spacial score (nSPS) is 16.3. The molecule has 2 aliphatic heterocycles. The molecule has 0 unspecified atom stereocenters. The predicted octanol–water partition coefficient (Wildman–Crippen LogP) is 3.65. The van der Waals surface area contributed by atoms with E-state index < -0.39 is 5.92 Å². The second-order valence-corrected chi connectivity index (χ2v) is 8.65. The van der Waals surface area contributed by atoms with Crippen LogP contribution in [0.1, 0.15) is 27.9 Å². The maximum atomic E-state index is 13.0. The van der Waals surface area contributed by atoms with Gasteiger partial charge in [-0.05, 0) is 48.9 Å². The van der Waals surface area contributed by atoms with E-state index >= 15 is 0 Å². The molecule has 8 heteroatoms. The zero-order valence-electron chi connectivity index (χ0n) is 19.2. The van der Waals surface area contributed by atoms with Gasteiger partial charge in [0.25, 0.3) is 5.91 Å². The highest BCUT2D eigenvalue weighted by atomic mass is 16.7. The van der Waals surface area contributed by atoms with Gasteiger partial charge in [0.15, 0.2) is 11.5 Å². The van der Waals surface area contributed by atoms with E-state index in [2.05, 4.69) is 10.6 Å². The van der Waals surface area contributed by atoms with Crippen molar-refractivity contribution in [3.8, 4) is 11.5 Å². The minimum absolute atomic E-state index is 0.0937. The smallest absolute Gasteiger partial charge is 0.253 e. The third kappa shape index (κ3) is 4.82. The van der Waals surface area contributed by atoms with E-state index in [-0.39, 0.29) is 30.9 Å². The van der Waals surface area contributed by atoms with Crippen molar-refractivity contribution in [2.45, 2.75) is 19.9 Å². The molecular weight excluding hydrogens is 446 g/mol. The van der Waals surface area contributed by atoms with E-state index in [0.717, 1.165) is 16.8 Å². The number of aryl methyl sites for hydroxylation is 1. The highest BCUT2D eigenvalue weighted by molar-refractivity contribution is 6.07. The van der Waals surface area contributed by atoms with E-state index in [4.69, 9.17) is 9.47 Å². The van der Waals surface area contributed by atoms with Gasteiger partial charge in [0, 0.05) is 25.2 Å². The van der Waals surface area contributed by atoms with Crippen LogP contribution in [-0.4, -0.2) is 31.1 Å². The Balaban J connectivity index is 1.23. The molecule has 3 aromatic carbocycles. The number of hydrogen-bond donors (Lipinski definition) is 2. The number of benzene rings is 3. The van der Waals surface area contributed by atoms with Crippen LogP contribution in [0.15, 0.2) is 66.7 Å². The number of nitrogens with one attached hydrogen (secondary N) is 2. The van der Waals surface area contributed by atoms with Crippen LogP contribution in [0.25, 0.3) is 0 Å². The monoisotopic (exact) mass is 471 g/mol. The molecule has 0 bridgehead atoms. The van der Waals surface area contributed by atoms with Crippen LogP contribution >= 0.6 is 0 Å². The molecule has 1 fully saturated rings. The molecular formula is C27H25N3O5. The van der Waals surface area contributed by atoms with Crippen LogP contribution < -0.4 is 25.0 Å². The van der Waals surface area contributed by atoms with Crippen molar-refractivity contribution in [1.82, 2.24) is 5.32 Å². The topological polar surface area (TPSA) is 97.0 Å². The fraction of sp³-hybridized carbons (Fsp3) is 0.222. The van der Waals surface area contributed by atoms with E-state index in [0.29, 0.717) is 35.8 Å². The zero-order chi connectivity index (χ0) is 24.4. The molecule has 2 aliphatic rings. The largest absolute Gasteiger partial charge is 0.454 e. The summed E-state index contributed by atoms with van der Waals surface area (Å²) >= 11 is 0. The number of anilines is 2. The van der Waals surface area contributed by atoms with E-state index in [1.165, 1.54) is 0 Å². The summed E-state index contributed by atoms with van der Waals surface area (Å²) in [6.45, 7) is 2.76. The fourth-order valence-electron chi connectivity index (χ4n) is 4.21. The third-order valence-electron chi connectivity index (χ3n) is 6.16. The molecule has 2 N–H and O–H groups in total. The lowest BCUT2D eigenvalue weighted by Gasteiger charge is -2.17. The molecule has 0 radical (unpaired) electrons. The molecule has 3 amide bonds. The highest BCUT2D eigenvalue weighted by Gasteiger charge is 2.35. The molecule has 1 atom stereocenters. The van der Waals surface area contributed by atoms with Crippen molar-refractivity contribution in [2.24, 2.45) is 5.92 Å². The number of para-hydroxylation sites is 1. The van der Waals surface area contributed by atoms with Crippen LogP contribution in [0, 0.1) is 12.8 Å². The average Bonchev–Trinajstić information content (AvgIpc) is 3.49. The van der Waals surface area contributed by atoms with Gasteiger partial charge in [-0.1, -0.05) is 35.9 Å². The number of ether oxygens (including phenoxy) is 2. The standard InChI is InChI=1S/C27H25N3O5/c1-17-6-9-20(10-7-17)30-15-19(13-25(30)31)26(32)29-22-5-3-2-4-21(22)27(33)28-14-18-8-11-23-24(12-18)35-16-34-23/h2-12,19H,13-16H2,1H3,(H,28,33)(H,29,32)/t19-/m1/s1. The minimum atomic E-state index is -0.506. The first kappa shape index (κ1) is 22.5. The van der Waals surface area contributed by atoms with Crippen molar-refractivity contribution < 1.29 is 23.9 Å². The maximum Gasteiger partial charge on any atom is 0.253 e. The number of carbonyl (C=O) groups excluding carboxylic acids is 3. The van der Waals surface area contributed by atoms with Gasteiger partial charge in [0.2, 0.25) is 18.6 Å². The first-order valence-corrected chi connectivity index (χ1v) is 11.4. The summed E-state index contributed by atoms with van der Waals surface area (Å²) in [7, 11) is 0. The van der Waals surface area contributed by atoms with Crippen molar-refractivity contribution in [2.75, 3.05) is 23.6 Å². The Bertz CT molecular complexity index is 1290. The number of rotatable bonds is 6. The quantitative estimate of drug-likeness (QED) is 0.572. The van der Waals surface area contributed by atoms with Gasteiger partial charge < -0.3 is 25.0 Å². The molecule has 8 nitrogen and oxygen atoms in total. The molecule has 1 saturated heterocycles. The predicted molar refractivity (Wildman–Crippen MR) is 130 cm³/mol. The van der Waals surface area contributed by atoms with Crippen molar-refractivity contribution in [1.29, 1.82) is 0 Å². The Morgan fingerprint density at radius 1 is 1.00 bits per heavy atom. The van der Waals surface area contributed by atoms with Crippen LogP contribution in [0.3, 0.4) is 0 Å². The molecule has 0 aromatic heterocycles. The minimum Gasteiger partial charge on any atom is -0.454 e. The Kier molecular flexibility index (Phi) is 6.10. The lowest BCUT2D eigenvalue weighted by atomic mass is 10.1. The van der Waals surface area contributed by atoms with Gasteiger partial charge in [0.05, 0.1) is 17.2 Å². The Morgan fingerprint density at radius 3 is 2.60 bits per heavy atom. The maximum absolute atomic E-state index is 13.0. The summed E-state index contributed by atoms with van der Waals surface area (Å²) in [6.07, 6.45) is 0.123. The number of amides is 3. The van der Waals surface area contributed by atoms with Crippen molar-refractivity contribution >= 4 is 29.1 Å². The summed E-state index contributed by atoms with van der Waals surface area (Å²) in [5.74, 6) is 0.123. The van der Waals surface area contributed by atoms with Crippen molar-refractivity contribution in [3.05, 3.63) is 83.4 Å². The van der Waals surface area contributed by atoms with Gasteiger partial charge in [-0.25, -0.2) is 0 Å². The third-order valence-corrected chi connectivity index (χ3v) is 6.16. The van der Waals surface area contributed by atoms with Gasteiger partial charge >= 0.3 is 0 Å². The summed E-state index contributed by atoms with van der Waals surface area (Å²) in [5, 5.41) is 5.73. The number of hydrogen-bond acceptors (Lipinski definition) is 5. The number of fused-ring (bicyclic) bond motifs is 1. The molecule has 5 rings (SSSR count). The molecule has 0 aliphatic carbocycles. The van der Waals surface area contributed by atoms with Gasteiger partial charge in [-0.2, -0.15) is 0 Å². The summed E-state index contributed by atoms with van der Waals surface area (Å²) in [6, 6.07) is 20.0. The zero-order valence-corrected chi connectivity index (χ0v) is 19.2. The average molecular weight is 472 g/mol. The van der Waals surface area contributed by atoms with E-state index in [1.54, 1.807) is 35.2 Å². The lowest BCUT2D eigenvalue weighted by Crippen LogP contribution is -2.29. The first-order valence-electron chi connectivity index (χ1n) is 11.4. The lowest BCUT2D eigenvalue weighted by molar-refractivity contribution is -0.122. The summed E-state index contributed by atoms with van der Waals surface area (Å²) < 4.78 is 10.7. The Hall–Kier alpha value is -4.33. The van der Waals surface area contributed by atoms with Crippen LogP contribution in [0.4, 0.5) is 11.4 Å². The van der Waals surface area contributed by atoms with E-state index in [1.807, 2.05) is 43.3 Å². The Morgan fingerprint density at radius 2 is 1.77 bits per heavy atom. The van der Waals surface area contributed by atoms with E-state index in [9.17, 15) is 14.4 Å². The molecule has 3 aromatic rings.